The number of nitrogens with one attached hydrogen (secondary N) is 1. The number of carbonyl (C=O) groups excluding carboxylic acids is 1. The number of amides is 2. The van der Waals surface area contributed by atoms with Crippen molar-refractivity contribution in [2.24, 2.45) is 0 Å². The number of nitrogens with zero attached hydrogens (tertiary/aromatic N) is 1. The molecule has 0 aromatic carbocycles. The Morgan fingerprint density at radius 3 is 2.72 bits per heavy atom. The predicted octanol–water partition coefficient (Wildman–Crippen LogP) is 2.14. The fourth-order valence-electron chi connectivity index (χ4n) is 1.49. The number of carboxylic acids is 1. The molecule has 5 nitrogen and oxygen atoms in total. The van der Waals surface area contributed by atoms with E-state index < -0.39 is 5.97 Å². The van der Waals surface area contributed by atoms with E-state index in [-0.39, 0.29) is 25.0 Å². The lowest BCUT2D eigenvalue weighted by atomic mass is 10.3. The van der Waals surface area contributed by atoms with Gasteiger partial charge in [-0.25, -0.2) is 4.79 Å². The molecule has 0 aliphatic rings. The number of hydrogen-bond acceptors (Lipinski definition) is 3. The Bertz CT molecular complexity index is 390. The molecule has 2 N–H and O–H groups in total. The molecule has 18 heavy (non-hydrogen) atoms. The molecular formula is C12H18N2O3S. The van der Waals surface area contributed by atoms with Crippen molar-refractivity contribution in [3.05, 3.63) is 22.4 Å². The third-order valence-electron chi connectivity index (χ3n) is 2.44. The Hall–Kier alpha value is -1.56. The van der Waals surface area contributed by atoms with Crippen molar-refractivity contribution < 1.29 is 14.7 Å². The summed E-state index contributed by atoms with van der Waals surface area (Å²) in [7, 11) is 0. The zero-order valence-corrected chi connectivity index (χ0v) is 11.4. The van der Waals surface area contributed by atoms with Crippen LogP contribution in [0, 0.1) is 0 Å². The first-order valence-electron chi connectivity index (χ1n) is 5.79. The van der Waals surface area contributed by atoms with E-state index in [1.54, 1.807) is 11.3 Å². The normalized spacial score (nSPS) is 10.4. The Morgan fingerprint density at radius 2 is 2.22 bits per heavy atom. The molecule has 2 amide bonds. The van der Waals surface area contributed by atoms with Crippen LogP contribution in [0.1, 0.15) is 25.1 Å². The Kier molecular flexibility index (Phi) is 5.64. The van der Waals surface area contributed by atoms with Crippen LogP contribution < -0.4 is 5.32 Å². The molecule has 1 rings (SSSR count). The summed E-state index contributed by atoms with van der Waals surface area (Å²) in [4.78, 5) is 25.1. The molecule has 0 bridgehead atoms. The van der Waals surface area contributed by atoms with Crippen molar-refractivity contribution in [2.75, 3.05) is 6.54 Å². The molecule has 0 spiro atoms. The van der Waals surface area contributed by atoms with Crippen molar-refractivity contribution >= 4 is 23.3 Å². The highest BCUT2D eigenvalue weighted by atomic mass is 32.1. The minimum Gasteiger partial charge on any atom is -0.481 e. The molecule has 6 heteroatoms. The summed E-state index contributed by atoms with van der Waals surface area (Å²) in [5.41, 5.74) is 0. The largest absolute Gasteiger partial charge is 0.481 e. The molecule has 1 aromatic rings. The molecule has 0 unspecified atom stereocenters. The van der Waals surface area contributed by atoms with Gasteiger partial charge in [0.05, 0.1) is 13.0 Å². The van der Waals surface area contributed by atoms with Crippen LogP contribution in [0.4, 0.5) is 4.79 Å². The van der Waals surface area contributed by atoms with Crippen molar-refractivity contribution in [1.29, 1.82) is 0 Å². The maximum absolute atomic E-state index is 11.9. The van der Waals surface area contributed by atoms with Crippen molar-refractivity contribution in [3.8, 4) is 0 Å². The number of rotatable bonds is 6. The summed E-state index contributed by atoms with van der Waals surface area (Å²) in [6.45, 7) is 4.44. The number of carboxylic acid groups (broad SMARTS) is 1. The molecule has 0 aliphatic heterocycles. The van der Waals surface area contributed by atoms with Gasteiger partial charge in [0.1, 0.15) is 0 Å². The Labute approximate surface area is 110 Å². The Morgan fingerprint density at radius 1 is 1.50 bits per heavy atom. The lowest BCUT2D eigenvalue weighted by Crippen LogP contribution is -2.44. The number of hydrogen-bond donors (Lipinski definition) is 2. The monoisotopic (exact) mass is 270 g/mol. The van der Waals surface area contributed by atoms with Gasteiger partial charge in [-0.15, -0.1) is 11.3 Å². The van der Waals surface area contributed by atoms with Crippen LogP contribution >= 0.6 is 11.3 Å². The number of carbonyl (C=O) groups is 2. The van der Waals surface area contributed by atoms with Gasteiger partial charge < -0.3 is 15.3 Å². The second kappa shape index (κ2) is 7.00. The SMILES string of the molecule is CC(C)N(CCC(=O)O)C(=O)NCc1cccs1. The van der Waals surface area contributed by atoms with Gasteiger partial charge in [-0.05, 0) is 25.3 Å². The van der Waals surface area contributed by atoms with Crippen LogP contribution in [0.3, 0.4) is 0 Å². The summed E-state index contributed by atoms with van der Waals surface area (Å²) in [6.07, 6.45) is -0.0371. The van der Waals surface area contributed by atoms with E-state index >= 15 is 0 Å². The fourth-order valence-corrected chi connectivity index (χ4v) is 2.13. The second-order valence-corrected chi connectivity index (χ2v) is 5.20. The smallest absolute Gasteiger partial charge is 0.317 e. The molecule has 0 atom stereocenters. The molecule has 0 radical (unpaired) electrons. The van der Waals surface area contributed by atoms with Crippen LogP contribution in [-0.2, 0) is 11.3 Å². The van der Waals surface area contributed by atoms with E-state index in [9.17, 15) is 9.59 Å². The highest BCUT2D eigenvalue weighted by Gasteiger charge is 2.17. The highest BCUT2D eigenvalue weighted by Crippen LogP contribution is 2.08. The summed E-state index contributed by atoms with van der Waals surface area (Å²) in [6, 6.07) is 3.63. The van der Waals surface area contributed by atoms with Crippen LogP contribution in [0.2, 0.25) is 0 Å². The van der Waals surface area contributed by atoms with Gasteiger partial charge in [-0.3, -0.25) is 4.79 Å². The van der Waals surface area contributed by atoms with Gasteiger partial charge in [0.2, 0.25) is 0 Å². The quantitative estimate of drug-likeness (QED) is 0.832. The summed E-state index contributed by atoms with van der Waals surface area (Å²) in [5, 5.41) is 13.4. The average Bonchev–Trinajstić information content (AvgIpc) is 2.78. The maximum Gasteiger partial charge on any atom is 0.317 e. The summed E-state index contributed by atoms with van der Waals surface area (Å²) >= 11 is 1.58. The lowest BCUT2D eigenvalue weighted by Gasteiger charge is -2.26. The summed E-state index contributed by atoms with van der Waals surface area (Å²) < 4.78 is 0. The van der Waals surface area contributed by atoms with Gasteiger partial charge in [-0.2, -0.15) is 0 Å². The van der Waals surface area contributed by atoms with Crippen molar-refractivity contribution in [2.45, 2.75) is 32.9 Å². The average molecular weight is 270 g/mol. The summed E-state index contributed by atoms with van der Waals surface area (Å²) in [5.74, 6) is -0.897. The van der Waals surface area contributed by atoms with Gasteiger partial charge in [-0.1, -0.05) is 6.07 Å². The van der Waals surface area contributed by atoms with E-state index in [1.165, 1.54) is 4.90 Å². The van der Waals surface area contributed by atoms with E-state index in [1.807, 2.05) is 31.4 Å². The molecule has 0 fully saturated rings. The zero-order chi connectivity index (χ0) is 13.5. The number of aliphatic carboxylic acids is 1. The van der Waals surface area contributed by atoms with Crippen molar-refractivity contribution in [1.82, 2.24) is 10.2 Å². The number of urea groups is 1. The van der Waals surface area contributed by atoms with E-state index in [0.29, 0.717) is 6.54 Å². The molecule has 0 saturated heterocycles. The minimum absolute atomic E-state index is 0.0207. The molecule has 100 valence electrons. The van der Waals surface area contributed by atoms with Gasteiger partial charge in [0.25, 0.3) is 0 Å². The zero-order valence-electron chi connectivity index (χ0n) is 10.5. The minimum atomic E-state index is -0.897. The number of thiophene rings is 1. The molecular weight excluding hydrogens is 252 g/mol. The first kappa shape index (κ1) is 14.5. The van der Waals surface area contributed by atoms with Gasteiger partial charge in [0, 0.05) is 17.5 Å². The molecule has 0 aliphatic carbocycles. The molecule has 1 aromatic heterocycles. The molecule has 1 heterocycles. The highest BCUT2D eigenvalue weighted by molar-refractivity contribution is 7.09. The first-order valence-corrected chi connectivity index (χ1v) is 6.67. The van der Waals surface area contributed by atoms with E-state index in [0.717, 1.165) is 4.88 Å². The fraction of sp³-hybridized carbons (Fsp3) is 0.500. The van der Waals surface area contributed by atoms with Crippen LogP contribution in [0.5, 0.6) is 0 Å². The predicted molar refractivity (Wildman–Crippen MR) is 70.6 cm³/mol. The Balaban J connectivity index is 2.46. The van der Waals surface area contributed by atoms with Gasteiger partial charge >= 0.3 is 12.0 Å². The van der Waals surface area contributed by atoms with Crippen molar-refractivity contribution in [3.63, 3.8) is 0 Å². The third-order valence-corrected chi connectivity index (χ3v) is 3.32. The van der Waals surface area contributed by atoms with Crippen LogP contribution in [0.25, 0.3) is 0 Å². The first-order chi connectivity index (χ1) is 8.50. The standard InChI is InChI=1S/C12H18N2O3S/c1-9(2)14(6-5-11(15)16)12(17)13-8-10-4-3-7-18-10/h3-4,7,9H,5-6,8H2,1-2H3,(H,13,17)(H,15,16). The lowest BCUT2D eigenvalue weighted by molar-refractivity contribution is -0.137. The second-order valence-electron chi connectivity index (χ2n) is 4.17. The maximum atomic E-state index is 11.9. The van der Waals surface area contributed by atoms with Gasteiger partial charge in [0.15, 0.2) is 0 Å². The van der Waals surface area contributed by atoms with Crippen LogP contribution in [0.15, 0.2) is 17.5 Å². The van der Waals surface area contributed by atoms with E-state index in [4.69, 9.17) is 5.11 Å². The van der Waals surface area contributed by atoms with Crippen LogP contribution in [-0.4, -0.2) is 34.6 Å². The molecule has 0 saturated carbocycles. The van der Waals surface area contributed by atoms with E-state index in [2.05, 4.69) is 5.32 Å². The third kappa shape index (κ3) is 4.75. The topological polar surface area (TPSA) is 69.6 Å².